The van der Waals surface area contributed by atoms with E-state index < -0.39 is 11.6 Å². The number of carbonyl (C=O) groups excluding carboxylic acids is 2. The van der Waals surface area contributed by atoms with Gasteiger partial charge in [-0.25, -0.2) is 9.59 Å². The zero-order valence-electron chi connectivity index (χ0n) is 16.1. The number of hydrogen-bond acceptors (Lipinski definition) is 6. The van der Waals surface area contributed by atoms with Crippen molar-refractivity contribution in [3.8, 4) is 11.5 Å². The standard InChI is InChI=1S/C22H19NO6/c1-3-14-9-15-13(2)8-21(25)29-19(15)10-18(14)28-22(26)11-23-16-6-4-5-7-17(16)27-12-20(23)24/h4-10H,3,11-12H2,1-2H3. The number of para-hydroxylation sites is 2. The maximum atomic E-state index is 12.6. The number of carbonyl (C=O) groups is 2. The molecule has 29 heavy (non-hydrogen) atoms. The van der Waals surface area contributed by atoms with E-state index in [0.29, 0.717) is 29.2 Å². The zero-order chi connectivity index (χ0) is 20.5. The van der Waals surface area contributed by atoms with Crippen molar-refractivity contribution >= 4 is 28.5 Å². The molecule has 148 valence electrons. The van der Waals surface area contributed by atoms with Gasteiger partial charge >= 0.3 is 11.6 Å². The first-order valence-electron chi connectivity index (χ1n) is 9.26. The quantitative estimate of drug-likeness (QED) is 0.385. The van der Waals surface area contributed by atoms with Crippen molar-refractivity contribution in [2.45, 2.75) is 20.3 Å². The maximum absolute atomic E-state index is 12.6. The van der Waals surface area contributed by atoms with Crippen LogP contribution in [0.25, 0.3) is 11.0 Å². The van der Waals surface area contributed by atoms with Crippen molar-refractivity contribution in [1.29, 1.82) is 0 Å². The maximum Gasteiger partial charge on any atom is 0.336 e. The third kappa shape index (κ3) is 3.59. The second-order valence-electron chi connectivity index (χ2n) is 6.77. The van der Waals surface area contributed by atoms with Crippen molar-refractivity contribution in [2.75, 3.05) is 18.1 Å². The highest BCUT2D eigenvalue weighted by Gasteiger charge is 2.28. The Hall–Kier alpha value is -3.61. The molecule has 0 unspecified atom stereocenters. The van der Waals surface area contributed by atoms with Crippen molar-refractivity contribution in [2.24, 2.45) is 0 Å². The van der Waals surface area contributed by atoms with E-state index in [9.17, 15) is 14.4 Å². The van der Waals surface area contributed by atoms with E-state index in [-0.39, 0.29) is 19.1 Å². The minimum absolute atomic E-state index is 0.134. The molecule has 0 aliphatic carbocycles. The lowest BCUT2D eigenvalue weighted by atomic mass is 10.1. The molecule has 0 saturated carbocycles. The van der Waals surface area contributed by atoms with Crippen molar-refractivity contribution < 1.29 is 23.5 Å². The highest BCUT2D eigenvalue weighted by atomic mass is 16.5. The smallest absolute Gasteiger partial charge is 0.336 e. The molecule has 1 aromatic heterocycles. The van der Waals surface area contributed by atoms with Gasteiger partial charge in [0.15, 0.2) is 6.61 Å². The molecule has 4 rings (SSSR count). The van der Waals surface area contributed by atoms with Gasteiger partial charge in [0, 0.05) is 17.5 Å². The molecule has 1 aliphatic rings. The molecule has 7 heteroatoms. The fourth-order valence-corrected chi connectivity index (χ4v) is 3.37. The minimum atomic E-state index is -0.598. The summed E-state index contributed by atoms with van der Waals surface area (Å²) in [5, 5.41) is 0.790. The summed E-state index contributed by atoms with van der Waals surface area (Å²) in [4.78, 5) is 37.9. The first-order valence-corrected chi connectivity index (χ1v) is 9.26. The molecule has 0 bridgehead atoms. The van der Waals surface area contributed by atoms with Crippen LogP contribution in [0.5, 0.6) is 11.5 Å². The number of aryl methyl sites for hydroxylation is 2. The predicted octanol–water partition coefficient (Wildman–Crippen LogP) is 2.99. The largest absolute Gasteiger partial charge is 0.482 e. The van der Waals surface area contributed by atoms with Crippen molar-refractivity contribution in [3.63, 3.8) is 0 Å². The molecule has 1 aliphatic heterocycles. The molecular weight excluding hydrogens is 374 g/mol. The molecule has 0 spiro atoms. The number of anilines is 1. The van der Waals surface area contributed by atoms with Crippen LogP contribution in [-0.2, 0) is 16.0 Å². The predicted molar refractivity (Wildman–Crippen MR) is 107 cm³/mol. The number of rotatable bonds is 4. The Labute approximate surface area is 166 Å². The third-order valence-electron chi connectivity index (χ3n) is 4.83. The lowest BCUT2D eigenvalue weighted by Crippen LogP contribution is -2.43. The Morgan fingerprint density at radius 3 is 2.76 bits per heavy atom. The van der Waals surface area contributed by atoms with Crippen LogP contribution in [0.4, 0.5) is 5.69 Å². The molecule has 0 atom stereocenters. The van der Waals surface area contributed by atoms with Crippen LogP contribution >= 0.6 is 0 Å². The average Bonchev–Trinajstić information content (AvgIpc) is 2.69. The second-order valence-corrected chi connectivity index (χ2v) is 6.77. The van der Waals surface area contributed by atoms with E-state index in [1.54, 1.807) is 30.3 Å². The lowest BCUT2D eigenvalue weighted by molar-refractivity contribution is -0.134. The summed E-state index contributed by atoms with van der Waals surface area (Å²) in [6, 6.07) is 11.8. The highest BCUT2D eigenvalue weighted by Crippen LogP contribution is 2.32. The molecular formula is C22H19NO6. The van der Waals surface area contributed by atoms with Crippen LogP contribution in [0, 0.1) is 6.92 Å². The number of esters is 1. The fourth-order valence-electron chi connectivity index (χ4n) is 3.37. The average molecular weight is 393 g/mol. The molecule has 3 aromatic rings. The van der Waals surface area contributed by atoms with Gasteiger partial charge in [0.1, 0.15) is 23.6 Å². The first-order chi connectivity index (χ1) is 14.0. The summed E-state index contributed by atoms with van der Waals surface area (Å²) < 4.78 is 16.2. The van der Waals surface area contributed by atoms with E-state index in [1.165, 1.54) is 11.0 Å². The SMILES string of the molecule is CCc1cc2c(C)cc(=O)oc2cc1OC(=O)CN1C(=O)COc2ccccc21. The van der Waals surface area contributed by atoms with E-state index in [2.05, 4.69) is 0 Å². The number of benzene rings is 2. The topological polar surface area (TPSA) is 86.0 Å². The number of hydrogen-bond donors (Lipinski definition) is 0. The van der Waals surface area contributed by atoms with Gasteiger partial charge in [0.2, 0.25) is 0 Å². The van der Waals surface area contributed by atoms with Gasteiger partial charge in [-0.3, -0.25) is 9.69 Å². The molecule has 7 nitrogen and oxygen atoms in total. The molecule has 0 radical (unpaired) electrons. The summed E-state index contributed by atoms with van der Waals surface area (Å²) >= 11 is 0. The van der Waals surface area contributed by atoms with Gasteiger partial charge in [-0.1, -0.05) is 19.1 Å². The third-order valence-corrected chi connectivity index (χ3v) is 4.83. The molecule has 0 N–H and O–H groups in total. The van der Waals surface area contributed by atoms with Gasteiger partial charge in [0.25, 0.3) is 5.91 Å². The summed E-state index contributed by atoms with van der Waals surface area (Å²) in [6.07, 6.45) is 0.621. The minimum Gasteiger partial charge on any atom is -0.482 e. The van der Waals surface area contributed by atoms with Gasteiger partial charge in [-0.05, 0) is 42.7 Å². The van der Waals surface area contributed by atoms with Crippen LogP contribution in [0.2, 0.25) is 0 Å². The number of fused-ring (bicyclic) bond motifs is 2. The van der Waals surface area contributed by atoms with Crippen LogP contribution in [0.3, 0.4) is 0 Å². The Morgan fingerprint density at radius 1 is 1.17 bits per heavy atom. The van der Waals surface area contributed by atoms with Gasteiger partial charge < -0.3 is 13.9 Å². The van der Waals surface area contributed by atoms with Crippen molar-refractivity contribution in [1.82, 2.24) is 0 Å². The number of ether oxygens (including phenoxy) is 2. The van der Waals surface area contributed by atoms with E-state index in [4.69, 9.17) is 13.9 Å². The summed E-state index contributed by atoms with van der Waals surface area (Å²) in [6.45, 7) is 3.38. The normalized spacial score (nSPS) is 13.2. The Kier molecular flexibility index (Phi) is 4.80. The van der Waals surface area contributed by atoms with Crippen LogP contribution < -0.4 is 20.0 Å². The number of nitrogens with zero attached hydrogens (tertiary/aromatic N) is 1. The lowest BCUT2D eigenvalue weighted by Gasteiger charge is -2.28. The molecule has 0 saturated heterocycles. The fraction of sp³-hybridized carbons (Fsp3) is 0.227. The second kappa shape index (κ2) is 7.43. The Bertz CT molecular complexity index is 1180. The molecule has 1 amide bonds. The highest BCUT2D eigenvalue weighted by molar-refractivity contribution is 6.01. The summed E-state index contributed by atoms with van der Waals surface area (Å²) in [5.41, 5.74) is 2.00. The van der Waals surface area contributed by atoms with E-state index >= 15 is 0 Å². The summed E-state index contributed by atoms with van der Waals surface area (Å²) in [5.74, 6) is -0.0690. The molecule has 0 fully saturated rings. The van der Waals surface area contributed by atoms with Crippen molar-refractivity contribution in [3.05, 3.63) is 64.0 Å². The van der Waals surface area contributed by atoms with Crippen LogP contribution in [0.15, 0.2) is 51.7 Å². The summed E-state index contributed by atoms with van der Waals surface area (Å²) in [7, 11) is 0. The number of amides is 1. The zero-order valence-corrected chi connectivity index (χ0v) is 16.1. The molecule has 2 heterocycles. The van der Waals surface area contributed by atoms with E-state index in [0.717, 1.165) is 16.5 Å². The van der Waals surface area contributed by atoms with Gasteiger partial charge in [-0.15, -0.1) is 0 Å². The molecule has 2 aromatic carbocycles. The van der Waals surface area contributed by atoms with Crippen LogP contribution in [0.1, 0.15) is 18.1 Å². The van der Waals surface area contributed by atoms with E-state index in [1.807, 2.05) is 19.9 Å². The Balaban J connectivity index is 1.62. The monoisotopic (exact) mass is 393 g/mol. The van der Waals surface area contributed by atoms with Gasteiger partial charge in [0.05, 0.1) is 5.69 Å². The Morgan fingerprint density at radius 2 is 1.97 bits per heavy atom. The first kappa shape index (κ1) is 18.7. The van der Waals surface area contributed by atoms with Crippen LogP contribution in [-0.4, -0.2) is 25.0 Å². The van der Waals surface area contributed by atoms with Gasteiger partial charge in [-0.2, -0.15) is 0 Å².